The molecule has 4 rings (SSSR count). The molecule has 2 heterocycles. The van der Waals surface area contributed by atoms with E-state index in [0.717, 1.165) is 10.6 Å². The Morgan fingerprint density at radius 1 is 1.13 bits per heavy atom. The average Bonchev–Trinajstić information content (AvgIpc) is 3.23. The van der Waals surface area contributed by atoms with Crippen LogP contribution in [0.4, 0.5) is 0 Å². The highest BCUT2D eigenvalue weighted by Crippen LogP contribution is 2.30. The highest BCUT2D eigenvalue weighted by atomic mass is 35.5. The lowest BCUT2D eigenvalue weighted by Gasteiger charge is -2.12. The van der Waals surface area contributed by atoms with Gasteiger partial charge in [-0.25, -0.2) is 14.5 Å². The molecule has 8 heteroatoms. The smallest absolute Gasteiger partial charge is 0.359 e. The third-order valence-electron chi connectivity index (χ3n) is 4.61. The van der Waals surface area contributed by atoms with E-state index in [2.05, 4.69) is 10.1 Å². The van der Waals surface area contributed by atoms with E-state index in [1.54, 1.807) is 30.3 Å². The van der Waals surface area contributed by atoms with Gasteiger partial charge < -0.3 is 4.74 Å². The predicted molar refractivity (Wildman–Crippen MR) is 123 cm³/mol. The number of aromatic nitrogens is 3. The maximum Gasteiger partial charge on any atom is 0.359 e. The summed E-state index contributed by atoms with van der Waals surface area (Å²) in [6.45, 7) is 4.39. The topological polar surface area (TPSA) is 74.1 Å². The Morgan fingerprint density at radius 3 is 2.58 bits per heavy atom. The molecule has 0 aliphatic rings. The summed E-state index contributed by atoms with van der Waals surface area (Å²) in [6.07, 6.45) is 0. The number of carbonyl (C=O) groups is 1. The standard InChI is InChI=1S/C23H20ClN3O3S/c1-14(2)11-27-22(28)17-8-4-3-7-16(17)20(26-27)23(29)30-12-15-13-31-21(25-15)18-9-5-6-10-19(18)24/h3-10,13-14H,11-12H2,1-2H3. The van der Waals surface area contributed by atoms with E-state index < -0.39 is 5.97 Å². The van der Waals surface area contributed by atoms with E-state index >= 15 is 0 Å². The summed E-state index contributed by atoms with van der Waals surface area (Å²) >= 11 is 7.67. The minimum atomic E-state index is -0.596. The van der Waals surface area contributed by atoms with Crippen LogP contribution in [-0.4, -0.2) is 20.7 Å². The van der Waals surface area contributed by atoms with Gasteiger partial charge in [0.25, 0.3) is 5.56 Å². The second-order valence-corrected chi connectivity index (χ2v) is 8.74. The molecule has 0 saturated carbocycles. The van der Waals surface area contributed by atoms with Crippen molar-refractivity contribution in [2.45, 2.75) is 27.0 Å². The van der Waals surface area contributed by atoms with E-state index in [9.17, 15) is 9.59 Å². The van der Waals surface area contributed by atoms with Crippen molar-refractivity contribution in [2.75, 3.05) is 0 Å². The number of hydrogen-bond acceptors (Lipinski definition) is 6. The van der Waals surface area contributed by atoms with Gasteiger partial charge in [0, 0.05) is 22.9 Å². The van der Waals surface area contributed by atoms with Crippen LogP contribution in [0.25, 0.3) is 21.3 Å². The number of halogens is 1. The van der Waals surface area contributed by atoms with Gasteiger partial charge in [0.1, 0.15) is 11.6 Å². The van der Waals surface area contributed by atoms with Crippen molar-refractivity contribution < 1.29 is 9.53 Å². The molecule has 4 aromatic rings. The zero-order chi connectivity index (χ0) is 22.0. The van der Waals surface area contributed by atoms with Crippen LogP contribution in [0.5, 0.6) is 0 Å². The Morgan fingerprint density at radius 2 is 1.84 bits per heavy atom. The third-order valence-corrected chi connectivity index (χ3v) is 5.86. The van der Waals surface area contributed by atoms with Crippen molar-refractivity contribution >= 4 is 39.7 Å². The maximum atomic E-state index is 12.9. The first-order valence-electron chi connectivity index (χ1n) is 9.80. The van der Waals surface area contributed by atoms with Crippen LogP contribution < -0.4 is 5.56 Å². The Labute approximate surface area is 188 Å². The highest BCUT2D eigenvalue weighted by Gasteiger charge is 2.19. The van der Waals surface area contributed by atoms with Gasteiger partial charge in [0.05, 0.1) is 16.1 Å². The van der Waals surface area contributed by atoms with Gasteiger partial charge in [-0.2, -0.15) is 5.10 Å². The van der Waals surface area contributed by atoms with Crippen molar-refractivity contribution in [3.8, 4) is 10.6 Å². The lowest BCUT2D eigenvalue weighted by molar-refractivity contribution is 0.0461. The van der Waals surface area contributed by atoms with Crippen molar-refractivity contribution in [3.05, 3.63) is 80.7 Å². The van der Waals surface area contributed by atoms with Gasteiger partial charge in [-0.3, -0.25) is 4.79 Å². The van der Waals surface area contributed by atoms with Crippen LogP contribution in [0.3, 0.4) is 0 Å². The molecule has 0 fully saturated rings. The molecular formula is C23H20ClN3O3S. The maximum absolute atomic E-state index is 12.9. The Hall–Kier alpha value is -3.03. The van der Waals surface area contributed by atoms with Gasteiger partial charge in [0.15, 0.2) is 5.69 Å². The van der Waals surface area contributed by atoms with Gasteiger partial charge in [0.2, 0.25) is 0 Å². The molecule has 0 aliphatic carbocycles. The van der Waals surface area contributed by atoms with E-state index in [-0.39, 0.29) is 23.8 Å². The minimum Gasteiger partial charge on any atom is -0.454 e. The van der Waals surface area contributed by atoms with Gasteiger partial charge in [-0.15, -0.1) is 11.3 Å². The summed E-state index contributed by atoms with van der Waals surface area (Å²) < 4.78 is 6.83. The van der Waals surface area contributed by atoms with Crippen molar-refractivity contribution in [3.63, 3.8) is 0 Å². The predicted octanol–water partition coefficient (Wildman–Crippen LogP) is 5.19. The molecule has 0 N–H and O–H groups in total. The highest BCUT2D eigenvalue weighted by molar-refractivity contribution is 7.13. The van der Waals surface area contributed by atoms with E-state index in [1.807, 2.05) is 37.4 Å². The summed E-state index contributed by atoms with van der Waals surface area (Å²) in [7, 11) is 0. The van der Waals surface area contributed by atoms with Gasteiger partial charge >= 0.3 is 5.97 Å². The first-order chi connectivity index (χ1) is 14.9. The number of rotatable bonds is 6. The lowest BCUT2D eigenvalue weighted by Crippen LogP contribution is -2.28. The number of esters is 1. The van der Waals surface area contributed by atoms with E-state index in [0.29, 0.717) is 28.0 Å². The van der Waals surface area contributed by atoms with Crippen molar-refractivity contribution in [1.29, 1.82) is 0 Å². The average molecular weight is 454 g/mol. The molecule has 0 spiro atoms. The molecule has 158 valence electrons. The zero-order valence-electron chi connectivity index (χ0n) is 17.0. The second kappa shape index (κ2) is 8.99. The molecule has 31 heavy (non-hydrogen) atoms. The summed E-state index contributed by atoms with van der Waals surface area (Å²) in [5, 5.41) is 8.44. The number of ether oxygens (including phenoxy) is 1. The van der Waals surface area contributed by atoms with E-state index in [4.69, 9.17) is 16.3 Å². The Balaban J connectivity index is 1.59. The monoisotopic (exact) mass is 453 g/mol. The number of fused-ring (bicyclic) bond motifs is 1. The first-order valence-corrected chi connectivity index (χ1v) is 11.1. The first kappa shape index (κ1) is 21.2. The Kier molecular flexibility index (Phi) is 6.15. The minimum absolute atomic E-state index is 0.000893. The lowest BCUT2D eigenvalue weighted by atomic mass is 10.1. The van der Waals surface area contributed by atoms with Crippen LogP contribution in [0, 0.1) is 5.92 Å². The fourth-order valence-electron chi connectivity index (χ4n) is 3.19. The molecular weight excluding hydrogens is 434 g/mol. The zero-order valence-corrected chi connectivity index (χ0v) is 18.6. The summed E-state index contributed by atoms with van der Waals surface area (Å²) in [4.78, 5) is 30.1. The second-order valence-electron chi connectivity index (χ2n) is 7.48. The van der Waals surface area contributed by atoms with Crippen LogP contribution >= 0.6 is 22.9 Å². The van der Waals surface area contributed by atoms with Crippen molar-refractivity contribution in [2.24, 2.45) is 5.92 Å². The van der Waals surface area contributed by atoms with Crippen molar-refractivity contribution in [1.82, 2.24) is 14.8 Å². The fourth-order valence-corrected chi connectivity index (χ4v) is 4.32. The van der Waals surface area contributed by atoms with E-state index in [1.165, 1.54) is 16.0 Å². The summed E-state index contributed by atoms with van der Waals surface area (Å²) in [5.74, 6) is -0.394. The van der Waals surface area contributed by atoms with Gasteiger partial charge in [-0.05, 0) is 18.1 Å². The SMILES string of the molecule is CC(C)Cn1nc(C(=O)OCc2csc(-c3ccccc3Cl)n2)c2ccccc2c1=O. The molecule has 0 atom stereocenters. The largest absolute Gasteiger partial charge is 0.454 e. The number of carbonyl (C=O) groups excluding carboxylic acids is 1. The summed E-state index contributed by atoms with van der Waals surface area (Å²) in [6, 6.07) is 14.4. The number of hydrogen-bond donors (Lipinski definition) is 0. The summed E-state index contributed by atoms with van der Waals surface area (Å²) in [5.41, 5.74) is 1.36. The van der Waals surface area contributed by atoms with Crippen LogP contribution in [-0.2, 0) is 17.9 Å². The molecule has 2 aromatic heterocycles. The number of thiazole rings is 1. The van der Waals surface area contributed by atoms with Crippen LogP contribution in [0.2, 0.25) is 5.02 Å². The molecule has 0 unspecified atom stereocenters. The normalized spacial score (nSPS) is 11.2. The third kappa shape index (κ3) is 4.52. The quantitative estimate of drug-likeness (QED) is 0.376. The molecule has 0 radical (unpaired) electrons. The number of nitrogens with zero attached hydrogens (tertiary/aromatic N) is 3. The Bertz CT molecular complexity index is 1310. The van der Waals surface area contributed by atoms with Gasteiger partial charge in [-0.1, -0.05) is 61.8 Å². The fraction of sp³-hybridized carbons (Fsp3) is 0.217. The molecule has 0 amide bonds. The van der Waals surface area contributed by atoms with Crippen LogP contribution in [0.1, 0.15) is 30.0 Å². The molecule has 0 aliphatic heterocycles. The van der Waals surface area contributed by atoms with Crippen LogP contribution in [0.15, 0.2) is 58.7 Å². The molecule has 2 aromatic carbocycles. The molecule has 6 nitrogen and oxygen atoms in total. The number of benzene rings is 2. The molecule has 0 saturated heterocycles. The molecule has 0 bridgehead atoms.